The zero-order valence-electron chi connectivity index (χ0n) is 13.2. The molecule has 0 fully saturated rings. The molecule has 0 aliphatic heterocycles. The Hall–Kier alpha value is -2.69. The van der Waals surface area contributed by atoms with Crippen LogP contribution in [0, 0.1) is 12.7 Å². The Labute approximate surface area is 148 Å². The van der Waals surface area contributed by atoms with Crippen molar-refractivity contribution in [3.8, 4) is 0 Å². The number of rotatable bonds is 4. The molecule has 11 heteroatoms. The van der Waals surface area contributed by atoms with E-state index in [0.29, 0.717) is 10.3 Å². The highest BCUT2D eigenvalue weighted by Crippen LogP contribution is 2.32. The van der Waals surface area contributed by atoms with Crippen LogP contribution in [0.3, 0.4) is 0 Å². The van der Waals surface area contributed by atoms with Gasteiger partial charge in [-0.3, -0.25) is 10.1 Å². The molecular formula is C15H12F4N2O4S. The van der Waals surface area contributed by atoms with E-state index in [-0.39, 0.29) is 10.3 Å². The third-order valence-electron chi connectivity index (χ3n) is 3.13. The summed E-state index contributed by atoms with van der Waals surface area (Å²) in [6.07, 6.45) is -4.62. The zero-order chi connectivity index (χ0) is 19.5. The van der Waals surface area contributed by atoms with Gasteiger partial charge in [-0.15, -0.1) is 11.3 Å². The standard InChI is InChI=1S/C15H12F4N2O4S/c1-7-11-8(16)3-2-4-9(11)26-12(7)13(23)25-5-10(22)21-14(24)20-6-15(17,18)19/h2-4H,5-6H2,1H3,(H2,20,21,22,24). The average molecular weight is 392 g/mol. The summed E-state index contributed by atoms with van der Waals surface area (Å²) in [5, 5.41) is 3.28. The minimum absolute atomic E-state index is 0.0828. The Morgan fingerprint density at radius 1 is 1.23 bits per heavy atom. The van der Waals surface area contributed by atoms with Crippen molar-refractivity contribution in [3.63, 3.8) is 0 Å². The first-order chi connectivity index (χ1) is 12.1. The fourth-order valence-corrected chi connectivity index (χ4v) is 3.15. The topological polar surface area (TPSA) is 84.5 Å². The lowest BCUT2D eigenvalue weighted by atomic mass is 10.1. The number of imide groups is 1. The van der Waals surface area contributed by atoms with Crippen molar-refractivity contribution in [3.05, 3.63) is 34.5 Å². The molecule has 0 spiro atoms. The first-order valence-corrected chi connectivity index (χ1v) is 7.89. The fraction of sp³-hybridized carbons (Fsp3) is 0.267. The van der Waals surface area contributed by atoms with Gasteiger partial charge in [0.1, 0.15) is 17.2 Å². The van der Waals surface area contributed by atoms with Gasteiger partial charge in [0.2, 0.25) is 0 Å². The van der Waals surface area contributed by atoms with E-state index in [1.54, 1.807) is 11.4 Å². The number of amides is 3. The van der Waals surface area contributed by atoms with E-state index >= 15 is 0 Å². The van der Waals surface area contributed by atoms with E-state index in [9.17, 15) is 31.9 Å². The number of alkyl halides is 3. The van der Waals surface area contributed by atoms with Crippen LogP contribution < -0.4 is 10.6 Å². The third-order valence-corrected chi connectivity index (χ3v) is 4.36. The maximum atomic E-state index is 13.8. The molecular weight excluding hydrogens is 380 g/mol. The van der Waals surface area contributed by atoms with Gasteiger partial charge in [0.15, 0.2) is 6.61 Å². The first kappa shape index (κ1) is 19.6. The number of esters is 1. The van der Waals surface area contributed by atoms with Crippen molar-refractivity contribution in [2.75, 3.05) is 13.2 Å². The van der Waals surface area contributed by atoms with Crippen LogP contribution in [0.5, 0.6) is 0 Å². The van der Waals surface area contributed by atoms with Gasteiger partial charge in [0, 0.05) is 10.1 Å². The highest BCUT2D eigenvalue weighted by molar-refractivity contribution is 7.21. The summed E-state index contributed by atoms with van der Waals surface area (Å²) in [5.74, 6) is -2.52. The Kier molecular flexibility index (Phi) is 5.80. The van der Waals surface area contributed by atoms with Crippen molar-refractivity contribution in [1.29, 1.82) is 0 Å². The molecule has 1 aromatic heterocycles. The van der Waals surface area contributed by atoms with Gasteiger partial charge >= 0.3 is 18.2 Å². The first-order valence-electron chi connectivity index (χ1n) is 7.07. The van der Waals surface area contributed by atoms with Crippen molar-refractivity contribution in [2.45, 2.75) is 13.1 Å². The van der Waals surface area contributed by atoms with Gasteiger partial charge in [-0.05, 0) is 24.6 Å². The number of hydrogen-bond acceptors (Lipinski definition) is 5. The maximum absolute atomic E-state index is 13.8. The molecule has 0 unspecified atom stereocenters. The Morgan fingerprint density at radius 2 is 1.92 bits per heavy atom. The second-order valence-corrected chi connectivity index (χ2v) is 6.14. The SMILES string of the molecule is Cc1c(C(=O)OCC(=O)NC(=O)NCC(F)(F)F)sc2cccc(F)c12. The number of hydrogen-bond donors (Lipinski definition) is 2. The second kappa shape index (κ2) is 7.68. The molecule has 0 aliphatic rings. The monoisotopic (exact) mass is 392 g/mol. The quantitative estimate of drug-likeness (QED) is 0.619. The van der Waals surface area contributed by atoms with Crippen LogP contribution in [0.2, 0.25) is 0 Å². The summed E-state index contributed by atoms with van der Waals surface area (Å²) in [6.45, 7) is -0.976. The number of ether oxygens (including phenoxy) is 1. The molecule has 2 rings (SSSR count). The van der Waals surface area contributed by atoms with Crippen molar-refractivity contribution in [2.24, 2.45) is 0 Å². The number of urea groups is 1. The molecule has 0 saturated carbocycles. The van der Waals surface area contributed by atoms with Crippen LogP contribution in [-0.2, 0) is 9.53 Å². The van der Waals surface area contributed by atoms with Gasteiger partial charge in [0.05, 0.1) is 0 Å². The van der Waals surface area contributed by atoms with E-state index in [2.05, 4.69) is 0 Å². The van der Waals surface area contributed by atoms with Crippen LogP contribution in [0.25, 0.3) is 10.1 Å². The summed E-state index contributed by atoms with van der Waals surface area (Å²) in [6, 6.07) is 2.97. The summed E-state index contributed by atoms with van der Waals surface area (Å²) in [5.41, 5.74) is 0.344. The van der Waals surface area contributed by atoms with Gasteiger partial charge in [-0.1, -0.05) is 6.07 Å². The summed E-state index contributed by atoms with van der Waals surface area (Å²) >= 11 is 0.972. The molecule has 26 heavy (non-hydrogen) atoms. The summed E-state index contributed by atoms with van der Waals surface area (Å²) < 4.78 is 54.8. The van der Waals surface area contributed by atoms with Gasteiger partial charge in [-0.25, -0.2) is 14.0 Å². The predicted molar refractivity (Wildman–Crippen MR) is 84.4 cm³/mol. The Bertz CT molecular complexity index is 863. The van der Waals surface area contributed by atoms with Gasteiger partial charge < -0.3 is 10.1 Å². The molecule has 140 valence electrons. The normalized spacial score (nSPS) is 11.3. The number of thiophene rings is 1. The highest BCUT2D eigenvalue weighted by Gasteiger charge is 2.28. The number of benzene rings is 1. The Balaban J connectivity index is 1.93. The summed E-state index contributed by atoms with van der Waals surface area (Å²) in [7, 11) is 0. The molecule has 6 nitrogen and oxygen atoms in total. The average Bonchev–Trinajstić information content (AvgIpc) is 2.88. The van der Waals surface area contributed by atoms with Gasteiger partial charge in [-0.2, -0.15) is 13.2 Å². The Morgan fingerprint density at radius 3 is 2.54 bits per heavy atom. The predicted octanol–water partition coefficient (Wildman–Crippen LogP) is 2.89. The zero-order valence-corrected chi connectivity index (χ0v) is 14.0. The minimum Gasteiger partial charge on any atom is -0.451 e. The minimum atomic E-state index is -4.62. The van der Waals surface area contributed by atoms with E-state index in [0.717, 1.165) is 11.3 Å². The molecule has 1 aromatic carbocycles. The molecule has 0 saturated heterocycles. The van der Waals surface area contributed by atoms with Gasteiger partial charge in [0.25, 0.3) is 5.91 Å². The van der Waals surface area contributed by atoms with Crippen LogP contribution in [-0.4, -0.2) is 37.2 Å². The smallest absolute Gasteiger partial charge is 0.405 e. The molecule has 2 N–H and O–H groups in total. The number of carbonyl (C=O) groups excluding carboxylic acids is 3. The van der Waals surface area contributed by atoms with Crippen molar-refractivity contribution in [1.82, 2.24) is 10.6 Å². The lowest BCUT2D eigenvalue weighted by Crippen LogP contribution is -2.44. The van der Waals surface area contributed by atoms with E-state index in [4.69, 9.17) is 4.74 Å². The second-order valence-electron chi connectivity index (χ2n) is 5.09. The van der Waals surface area contributed by atoms with Crippen LogP contribution in [0.4, 0.5) is 22.4 Å². The number of carbonyl (C=O) groups is 3. The number of halogens is 4. The molecule has 1 heterocycles. The van der Waals surface area contributed by atoms with Crippen molar-refractivity contribution >= 4 is 39.3 Å². The molecule has 0 radical (unpaired) electrons. The molecule has 3 amide bonds. The molecule has 2 aromatic rings. The van der Waals surface area contributed by atoms with E-state index in [1.807, 2.05) is 0 Å². The molecule has 0 aliphatic carbocycles. The number of fused-ring (bicyclic) bond motifs is 1. The largest absolute Gasteiger partial charge is 0.451 e. The maximum Gasteiger partial charge on any atom is 0.405 e. The number of aryl methyl sites for hydroxylation is 1. The van der Waals surface area contributed by atoms with Crippen LogP contribution in [0.15, 0.2) is 18.2 Å². The molecule has 0 atom stereocenters. The lowest BCUT2D eigenvalue weighted by Gasteiger charge is -2.09. The third kappa shape index (κ3) is 4.91. The lowest BCUT2D eigenvalue weighted by molar-refractivity contribution is -0.125. The summed E-state index contributed by atoms with van der Waals surface area (Å²) in [4.78, 5) is 34.7. The van der Waals surface area contributed by atoms with E-state index < -0.39 is 43.1 Å². The van der Waals surface area contributed by atoms with Crippen molar-refractivity contribution < 1.29 is 36.7 Å². The highest BCUT2D eigenvalue weighted by atomic mass is 32.1. The van der Waals surface area contributed by atoms with Crippen LogP contribution >= 0.6 is 11.3 Å². The number of nitrogens with one attached hydrogen (secondary N) is 2. The molecule has 0 bridgehead atoms. The van der Waals surface area contributed by atoms with E-state index in [1.165, 1.54) is 24.4 Å². The fourth-order valence-electron chi connectivity index (χ4n) is 2.03. The van der Waals surface area contributed by atoms with Crippen LogP contribution in [0.1, 0.15) is 15.2 Å².